The number of allylic oxidation sites excluding steroid dienone is 2. The van der Waals surface area contributed by atoms with Gasteiger partial charge in [0.1, 0.15) is 22.3 Å². The molecule has 9 aromatic rings. The Labute approximate surface area is 307 Å². The third kappa shape index (κ3) is 3.96. The monoisotopic (exact) mass is 694 g/mol. The van der Waals surface area contributed by atoms with Gasteiger partial charge in [-0.2, -0.15) is 0 Å². The van der Waals surface area contributed by atoms with Crippen LogP contribution in [0, 0.1) is 17.3 Å². The number of fused-ring (bicyclic) bond motifs is 9. The summed E-state index contributed by atoms with van der Waals surface area (Å²) < 4.78 is 14.2. The maximum atomic E-state index is 6.64. The second-order valence-corrected chi connectivity index (χ2v) is 15.1. The van der Waals surface area contributed by atoms with Gasteiger partial charge in [0, 0.05) is 53.9 Å². The Morgan fingerprint density at radius 2 is 1.28 bits per heavy atom. The molecule has 3 aliphatic rings. The van der Waals surface area contributed by atoms with E-state index in [-0.39, 0.29) is 0 Å². The smallest absolute Gasteiger partial charge is 0.160 e. The van der Waals surface area contributed by atoms with E-state index in [0.717, 1.165) is 105 Å². The molecule has 12 rings (SSSR count). The molecule has 1 aliphatic heterocycles. The molecule has 0 fully saturated rings. The first-order valence-corrected chi connectivity index (χ1v) is 18.6. The topological polar surface area (TPSA) is 51.0 Å². The number of benzene rings is 6. The van der Waals surface area contributed by atoms with Crippen LogP contribution in [-0.2, 0) is 0 Å². The SMILES string of the molecule is CC12/C=C3\c4sc5ccccc5c4C#CC1=C(c1ccccc1)N=C(c1ccc4c(c1)oc1ccccc14)N=C2c1cccc2oc4cccc3c4c12. The lowest BCUT2D eigenvalue weighted by Crippen LogP contribution is -2.31. The molecular weight excluding hydrogens is 669 g/mol. The van der Waals surface area contributed by atoms with Crippen LogP contribution in [0.2, 0.25) is 0 Å². The summed E-state index contributed by atoms with van der Waals surface area (Å²) in [5.74, 6) is 8.12. The van der Waals surface area contributed by atoms with E-state index in [1.165, 1.54) is 4.70 Å². The maximum absolute atomic E-state index is 6.64. The molecule has 2 bridgehead atoms. The fourth-order valence-electron chi connectivity index (χ4n) is 8.57. The van der Waals surface area contributed by atoms with Gasteiger partial charge < -0.3 is 8.83 Å². The molecule has 1 unspecified atom stereocenters. The van der Waals surface area contributed by atoms with Crippen LogP contribution in [0.15, 0.2) is 164 Å². The van der Waals surface area contributed by atoms with Crippen molar-refractivity contribution in [1.29, 1.82) is 0 Å². The van der Waals surface area contributed by atoms with E-state index in [0.29, 0.717) is 5.84 Å². The quantitative estimate of drug-likeness (QED) is 0.169. The summed E-state index contributed by atoms with van der Waals surface area (Å²) in [6.45, 7) is 2.27. The average Bonchev–Trinajstić information content (AvgIpc) is 3.85. The number of rotatable bonds is 2. The number of aliphatic imine (C=N–C) groups is 2. The summed E-state index contributed by atoms with van der Waals surface area (Å²) in [6, 6.07) is 46.2. The first kappa shape index (κ1) is 28.9. The van der Waals surface area contributed by atoms with Gasteiger partial charge in [0.15, 0.2) is 5.84 Å². The summed E-state index contributed by atoms with van der Waals surface area (Å²) in [6.07, 6.45) is 2.41. The number of thiophene rings is 1. The first-order chi connectivity index (χ1) is 26.1. The van der Waals surface area contributed by atoms with E-state index >= 15 is 0 Å². The van der Waals surface area contributed by atoms with E-state index in [1.807, 2.05) is 24.3 Å². The Bertz CT molecular complexity index is 3300. The van der Waals surface area contributed by atoms with Gasteiger partial charge in [0.2, 0.25) is 0 Å². The number of amidine groups is 1. The molecule has 4 heterocycles. The molecule has 0 radical (unpaired) electrons. The zero-order valence-electron chi connectivity index (χ0n) is 28.4. The summed E-state index contributed by atoms with van der Waals surface area (Å²) in [4.78, 5) is 12.3. The highest BCUT2D eigenvalue weighted by atomic mass is 32.1. The molecule has 246 valence electrons. The van der Waals surface area contributed by atoms with Crippen molar-refractivity contribution >= 4 is 88.1 Å². The fourth-order valence-corrected chi connectivity index (χ4v) is 9.76. The van der Waals surface area contributed by atoms with Crippen molar-refractivity contribution in [2.45, 2.75) is 6.92 Å². The minimum absolute atomic E-state index is 0.601. The minimum atomic E-state index is -0.790. The Balaban J connectivity index is 1.27. The number of nitrogens with zero attached hydrogens (tertiary/aromatic N) is 2. The van der Waals surface area contributed by atoms with Crippen LogP contribution >= 0.6 is 11.3 Å². The van der Waals surface area contributed by atoms with Crippen LogP contribution < -0.4 is 0 Å². The lowest BCUT2D eigenvalue weighted by atomic mass is 9.69. The Morgan fingerprint density at radius 3 is 2.15 bits per heavy atom. The fraction of sp³-hybridized carbons (Fsp3) is 0.0417. The summed E-state index contributed by atoms with van der Waals surface area (Å²) >= 11 is 1.80. The summed E-state index contributed by atoms with van der Waals surface area (Å²) in [5.41, 5.74) is 11.3. The highest BCUT2D eigenvalue weighted by Gasteiger charge is 2.42. The van der Waals surface area contributed by atoms with Gasteiger partial charge in [0.05, 0.1) is 27.3 Å². The van der Waals surface area contributed by atoms with Crippen LogP contribution in [0.3, 0.4) is 0 Å². The summed E-state index contributed by atoms with van der Waals surface area (Å²) in [5, 5.41) is 5.45. The minimum Gasteiger partial charge on any atom is -0.456 e. The third-order valence-electron chi connectivity index (χ3n) is 11.0. The predicted octanol–water partition coefficient (Wildman–Crippen LogP) is 12.2. The lowest BCUT2D eigenvalue weighted by Gasteiger charge is -2.32. The molecule has 6 aromatic carbocycles. The van der Waals surface area contributed by atoms with Crippen LogP contribution in [0.4, 0.5) is 0 Å². The zero-order chi connectivity index (χ0) is 34.8. The van der Waals surface area contributed by atoms with Crippen molar-refractivity contribution < 1.29 is 8.83 Å². The summed E-state index contributed by atoms with van der Waals surface area (Å²) in [7, 11) is 0. The number of hydrogen-bond donors (Lipinski definition) is 0. The van der Waals surface area contributed by atoms with Crippen molar-refractivity contribution in [2.24, 2.45) is 15.4 Å². The van der Waals surface area contributed by atoms with E-state index < -0.39 is 5.41 Å². The molecule has 0 spiro atoms. The molecule has 4 nitrogen and oxygen atoms in total. The second-order valence-electron chi connectivity index (χ2n) is 14.1. The predicted molar refractivity (Wildman–Crippen MR) is 218 cm³/mol. The Hall–Kier alpha value is -6.74. The van der Waals surface area contributed by atoms with E-state index in [4.69, 9.17) is 18.8 Å². The van der Waals surface area contributed by atoms with Gasteiger partial charge in [-0.15, -0.1) is 11.3 Å². The second kappa shape index (κ2) is 10.4. The maximum Gasteiger partial charge on any atom is 0.160 e. The lowest BCUT2D eigenvalue weighted by molar-refractivity contribution is 0.668. The average molecular weight is 695 g/mol. The van der Waals surface area contributed by atoms with Gasteiger partial charge in [-0.05, 0) is 54.5 Å². The molecule has 53 heavy (non-hydrogen) atoms. The van der Waals surface area contributed by atoms with Gasteiger partial charge in [-0.25, -0.2) is 9.98 Å². The number of hydrogen-bond acceptors (Lipinski definition) is 5. The standard InChI is InChI=1S/C48H26N2O2S/c1-48-26-35-32-15-9-18-38-42(32)43-34(16-10-19-39(43)52-38)46(48)50-47(28-21-22-30-29-13-5-7-17-37(29)51-40(30)25-28)49-44(27-11-3-2-4-12-27)36(48)24-23-33-31-14-6-8-20-41(31)53-45(33)35/h2-22,25-26H,1H3/b35-26-. The molecule has 0 amide bonds. The molecule has 2 aliphatic carbocycles. The van der Waals surface area contributed by atoms with Crippen LogP contribution in [0.5, 0.6) is 0 Å². The van der Waals surface area contributed by atoms with Crippen molar-refractivity contribution in [3.63, 3.8) is 0 Å². The Morgan fingerprint density at radius 1 is 0.585 bits per heavy atom. The molecule has 0 saturated heterocycles. The number of furan rings is 2. The van der Waals surface area contributed by atoms with Crippen LogP contribution in [0.25, 0.3) is 65.2 Å². The zero-order valence-corrected chi connectivity index (χ0v) is 29.2. The van der Waals surface area contributed by atoms with Crippen LogP contribution in [0.1, 0.15) is 39.6 Å². The molecule has 0 saturated carbocycles. The third-order valence-corrected chi connectivity index (χ3v) is 12.2. The van der Waals surface area contributed by atoms with E-state index in [2.05, 4.69) is 134 Å². The Kier molecular flexibility index (Phi) is 5.68. The molecular formula is C48H26N2O2S. The van der Waals surface area contributed by atoms with Crippen molar-refractivity contribution in [3.05, 3.63) is 178 Å². The van der Waals surface area contributed by atoms with Crippen LogP contribution in [-0.4, -0.2) is 11.5 Å². The highest BCUT2D eigenvalue weighted by molar-refractivity contribution is 7.20. The molecule has 5 heteroatoms. The first-order valence-electron chi connectivity index (χ1n) is 17.7. The van der Waals surface area contributed by atoms with Crippen molar-refractivity contribution in [3.8, 4) is 11.8 Å². The van der Waals surface area contributed by atoms with Gasteiger partial charge in [0.25, 0.3) is 0 Å². The largest absolute Gasteiger partial charge is 0.456 e. The molecule has 3 aromatic heterocycles. The molecule has 0 N–H and O–H groups in total. The molecule has 1 atom stereocenters. The van der Waals surface area contributed by atoms with Gasteiger partial charge >= 0.3 is 0 Å². The van der Waals surface area contributed by atoms with Crippen molar-refractivity contribution in [1.82, 2.24) is 0 Å². The van der Waals surface area contributed by atoms with Gasteiger partial charge in [-0.3, -0.25) is 0 Å². The van der Waals surface area contributed by atoms with Gasteiger partial charge in [-0.1, -0.05) is 115 Å². The highest BCUT2D eigenvalue weighted by Crippen LogP contribution is 2.52. The van der Waals surface area contributed by atoms with Crippen molar-refractivity contribution in [2.75, 3.05) is 0 Å². The normalized spacial score (nSPS) is 18.5. The number of para-hydroxylation sites is 1. The van der Waals surface area contributed by atoms with E-state index in [1.54, 1.807) is 11.3 Å². The van der Waals surface area contributed by atoms with E-state index in [9.17, 15) is 0 Å².